The summed E-state index contributed by atoms with van der Waals surface area (Å²) in [6, 6.07) is 1.50. The molecule has 2 unspecified atom stereocenters. The van der Waals surface area contributed by atoms with Gasteiger partial charge in [-0.25, -0.2) is 0 Å². The second-order valence-corrected chi connectivity index (χ2v) is 6.92. The number of nitrogens with zero attached hydrogens (tertiary/aromatic N) is 1. The van der Waals surface area contributed by atoms with E-state index in [0.717, 1.165) is 18.0 Å². The van der Waals surface area contributed by atoms with E-state index in [-0.39, 0.29) is 0 Å². The molecular weight excluding hydrogens is 232 g/mol. The van der Waals surface area contributed by atoms with Crippen molar-refractivity contribution in [1.82, 2.24) is 10.2 Å². The average Bonchev–Trinajstić information content (AvgIpc) is 2.88. The van der Waals surface area contributed by atoms with E-state index in [1.165, 1.54) is 58.0 Å². The van der Waals surface area contributed by atoms with Gasteiger partial charge in [0.25, 0.3) is 0 Å². The van der Waals surface area contributed by atoms with E-state index in [1.54, 1.807) is 0 Å². The first-order valence-electron chi connectivity index (χ1n) is 8.66. The maximum atomic E-state index is 3.91. The van der Waals surface area contributed by atoms with Gasteiger partial charge in [-0.1, -0.05) is 46.5 Å². The van der Waals surface area contributed by atoms with Gasteiger partial charge < -0.3 is 5.32 Å². The van der Waals surface area contributed by atoms with Crippen molar-refractivity contribution >= 4 is 0 Å². The van der Waals surface area contributed by atoms with Crippen molar-refractivity contribution in [2.75, 3.05) is 13.1 Å². The molecule has 0 aromatic carbocycles. The van der Waals surface area contributed by atoms with Crippen LogP contribution in [-0.4, -0.2) is 35.6 Å². The van der Waals surface area contributed by atoms with Crippen molar-refractivity contribution in [3.8, 4) is 0 Å². The van der Waals surface area contributed by atoms with Gasteiger partial charge in [-0.3, -0.25) is 4.90 Å². The fourth-order valence-electron chi connectivity index (χ4n) is 4.47. The van der Waals surface area contributed by atoms with E-state index in [0.29, 0.717) is 5.54 Å². The van der Waals surface area contributed by atoms with E-state index >= 15 is 0 Å². The van der Waals surface area contributed by atoms with Gasteiger partial charge >= 0.3 is 0 Å². The number of hydrogen-bond acceptors (Lipinski definition) is 2. The van der Waals surface area contributed by atoms with Gasteiger partial charge in [-0.2, -0.15) is 0 Å². The molecule has 2 atom stereocenters. The summed E-state index contributed by atoms with van der Waals surface area (Å²) >= 11 is 0. The Labute approximate surface area is 120 Å². The van der Waals surface area contributed by atoms with Crippen LogP contribution < -0.4 is 5.32 Å². The molecule has 0 aromatic heterocycles. The van der Waals surface area contributed by atoms with Gasteiger partial charge in [0, 0.05) is 30.7 Å². The second-order valence-electron chi connectivity index (χ2n) is 6.92. The lowest BCUT2D eigenvalue weighted by molar-refractivity contribution is 0.0231. The minimum Gasteiger partial charge on any atom is -0.308 e. The van der Waals surface area contributed by atoms with Crippen molar-refractivity contribution in [2.45, 2.75) is 90.3 Å². The Hall–Kier alpha value is -0.0800. The Morgan fingerprint density at radius 1 is 1.16 bits per heavy atom. The summed E-state index contributed by atoms with van der Waals surface area (Å²) in [5.41, 5.74) is 0.464. The van der Waals surface area contributed by atoms with Crippen molar-refractivity contribution in [2.24, 2.45) is 5.92 Å². The van der Waals surface area contributed by atoms with E-state index in [1.807, 2.05) is 0 Å². The molecule has 0 aromatic rings. The molecule has 2 rings (SSSR count). The SMILES string of the molecule is CCC(CC)C(C)N1CC2(CCCC2)NCC1CC. The van der Waals surface area contributed by atoms with Crippen LogP contribution in [0, 0.1) is 5.92 Å². The molecule has 19 heavy (non-hydrogen) atoms. The van der Waals surface area contributed by atoms with Gasteiger partial charge in [0.15, 0.2) is 0 Å². The molecule has 1 saturated heterocycles. The number of piperazine rings is 1. The van der Waals surface area contributed by atoms with Crippen molar-refractivity contribution in [1.29, 1.82) is 0 Å². The molecule has 2 aliphatic rings. The van der Waals surface area contributed by atoms with Gasteiger partial charge in [0.1, 0.15) is 0 Å². The monoisotopic (exact) mass is 266 g/mol. The average molecular weight is 266 g/mol. The minimum absolute atomic E-state index is 0.464. The molecule has 0 bridgehead atoms. The van der Waals surface area contributed by atoms with Crippen LogP contribution in [0.2, 0.25) is 0 Å². The largest absolute Gasteiger partial charge is 0.308 e. The van der Waals surface area contributed by atoms with Crippen molar-refractivity contribution in [3.63, 3.8) is 0 Å². The highest BCUT2D eigenvalue weighted by molar-refractivity contribution is 5.02. The van der Waals surface area contributed by atoms with E-state index < -0.39 is 0 Å². The van der Waals surface area contributed by atoms with Crippen LogP contribution >= 0.6 is 0 Å². The normalized spacial score (nSPS) is 29.2. The number of hydrogen-bond donors (Lipinski definition) is 1. The highest BCUT2D eigenvalue weighted by Crippen LogP contribution is 2.35. The van der Waals surface area contributed by atoms with E-state index in [4.69, 9.17) is 0 Å². The maximum Gasteiger partial charge on any atom is 0.0309 e. The quantitative estimate of drug-likeness (QED) is 0.814. The lowest BCUT2D eigenvalue weighted by Gasteiger charge is -2.50. The van der Waals surface area contributed by atoms with Crippen LogP contribution in [-0.2, 0) is 0 Å². The fourth-order valence-corrected chi connectivity index (χ4v) is 4.47. The zero-order chi connectivity index (χ0) is 13.9. The molecule has 0 radical (unpaired) electrons. The standard InChI is InChI=1S/C17H34N2/c1-5-15(6-2)14(4)19-13-17(10-8-9-11-17)18-12-16(19)7-3/h14-16,18H,5-13H2,1-4H3. The number of rotatable bonds is 5. The van der Waals surface area contributed by atoms with Crippen LogP contribution in [0.1, 0.15) is 72.6 Å². The first-order chi connectivity index (χ1) is 9.15. The molecule has 1 aliphatic carbocycles. The second kappa shape index (κ2) is 6.58. The zero-order valence-electron chi connectivity index (χ0n) is 13.5. The van der Waals surface area contributed by atoms with Crippen molar-refractivity contribution < 1.29 is 0 Å². The van der Waals surface area contributed by atoms with Gasteiger partial charge in [0.2, 0.25) is 0 Å². The molecule has 1 heterocycles. The van der Waals surface area contributed by atoms with Gasteiger partial charge in [-0.15, -0.1) is 0 Å². The predicted molar refractivity (Wildman–Crippen MR) is 83.5 cm³/mol. The molecule has 1 aliphatic heterocycles. The predicted octanol–water partition coefficient (Wildman–Crippen LogP) is 3.81. The molecule has 0 amide bonds. The molecular formula is C17H34N2. The first kappa shape index (κ1) is 15.3. The summed E-state index contributed by atoms with van der Waals surface area (Å²) in [4.78, 5) is 2.86. The highest BCUT2D eigenvalue weighted by atomic mass is 15.3. The molecule has 2 nitrogen and oxygen atoms in total. The first-order valence-corrected chi connectivity index (χ1v) is 8.66. The highest BCUT2D eigenvalue weighted by Gasteiger charge is 2.42. The van der Waals surface area contributed by atoms with Gasteiger partial charge in [0.05, 0.1) is 0 Å². The maximum absolute atomic E-state index is 3.91. The minimum atomic E-state index is 0.464. The van der Waals surface area contributed by atoms with E-state index in [9.17, 15) is 0 Å². The number of nitrogens with one attached hydrogen (secondary N) is 1. The lowest BCUT2D eigenvalue weighted by atomic mass is 9.86. The Morgan fingerprint density at radius 2 is 1.79 bits per heavy atom. The Kier molecular flexibility index (Phi) is 5.30. The van der Waals surface area contributed by atoms with Crippen LogP contribution in [0.5, 0.6) is 0 Å². The summed E-state index contributed by atoms with van der Waals surface area (Å²) in [6.07, 6.45) is 9.59. The third-order valence-electron chi connectivity index (χ3n) is 5.95. The zero-order valence-corrected chi connectivity index (χ0v) is 13.5. The summed E-state index contributed by atoms with van der Waals surface area (Å²) < 4.78 is 0. The topological polar surface area (TPSA) is 15.3 Å². The molecule has 1 spiro atoms. The molecule has 1 saturated carbocycles. The molecule has 2 heteroatoms. The van der Waals surface area contributed by atoms with Crippen LogP contribution in [0.3, 0.4) is 0 Å². The Bertz CT molecular complexity index is 266. The summed E-state index contributed by atoms with van der Waals surface area (Å²) in [5, 5.41) is 3.91. The smallest absolute Gasteiger partial charge is 0.0309 e. The third kappa shape index (κ3) is 3.16. The van der Waals surface area contributed by atoms with Crippen LogP contribution in [0.15, 0.2) is 0 Å². The fraction of sp³-hybridized carbons (Fsp3) is 1.00. The van der Waals surface area contributed by atoms with E-state index in [2.05, 4.69) is 37.9 Å². The van der Waals surface area contributed by atoms with Crippen molar-refractivity contribution in [3.05, 3.63) is 0 Å². The molecule has 2 fully saturated rings. The third-order valence-corrected chi connectivity index (χ3v) is 5.95. The summed E-state index contributed by atoms with van der Waals surface area (Å²) in [7, 11) is 0. The Morgan fingerprint density at radius 3 is 2.32 bits per heavy atom. The summed E-state index contributed by atoms with van der Waals surface area (Å²) in [5.74, 6) is 0.866. The summed E-state index contributed by atoms with van der Waals surface area (Å²) in [6.45, 7) is 12.1. The van der Waals surface area contributed by atoms with Crippen LogP contribution in [0.4, 0.5) is 0 Å². The van der Waals surface area contributed by atoms with Crippen LogP contribution in [0.25, 0.3) is 0 Å². The Balaban J connectivity index is 2.08. The lowest BCUT2D eigenvalue weighted by Crippen LogP contribution is -2.65. The molecule has 1 N–H and O–H groups in total. The molecule has 112 valence electrons. The van der Waals surface area contributed by atoms with Gasteiger partial charge in [-0.05, 0) is 32.1 Å².